The van der Waals surface area contributed by atoms with Crippen LogP contribution in [0.5, 0.6) is 0 Å². The topological polar surface area (TPSA) is 14.1 Å². The first-order chi connectivity index (χ1) is 1.41. The van der Waals surface area contributed by atoms with Crippen molar-refractivity contribution in [2.75, 3.05) is 0 Å². The Kier molecular flexibility index (Phi) is 20.0. The van der Waals surface area contributed by atoms with Crippen molar-refractivity contribution in [1.29, 1.82) is 0 Å². The standard InChI is InChI=1S/F2N.K/c1-3-2;/q-1;+1. The van der Waals surface area contributed by atoms with Gasteiger partial charge in [-0.2, -0.15) is 0 Å². The molecule has 0 amide bonds. The molecule has 0 aliphatic heterocycles. The average molecular weight is 91.1 g/mol. The van der Waals surface area contributed by atoms with Gasteiger partial charge in [0.05, 0.1) is 0 Å². The smallest absolute Gasteiger partial charge is 0.339 e. The summed E-state index contributed by atoms with van der Waals surface area (Å²) in [6, 6.07) is 0. The third-order valence-electron chi connectivity index (χ3n) is 0. The van der Waals surface area contributed by atoms with E-state index in [9.17, 15) is 8.96 Å². The first-order valence-electron chi connectivity index (χ1n) is 0.338. The summed E-state index contributed by atoms with van der Waals surface area (Å²) in [7, 11) is 0. The number of hydrogen-bond acceptors (Lipinski definition) is 0. The predicted molar refractivity (Wildman–Crippen MR) is 5.58 cm³/mol. The molecule has 0 spiro atoms. The molecule has 0 aromatic heterocycles. The first kappa shape index (κ1) is 9.07. The average Bonchev–Trinajstić information content (AvgIpc) is 0.918. The maximum atomic E-state index is 9.25. The van der Waals surface area contributed by atoms with Gasteiger partial charge in [0.2, 0.25) is 0 Å². The van der Waals surface area contributed by atoms with Crippen LogP contribution in [0.2, 0.25) is 0 Å². The van der Waals surface area contributed by atoms with E-state index in [1.54, 1.807) is 0 Å². The van der Waals surface area contributed by atoms with Crippen molar-refractivity contribution in [3.05, 3.63) is 5.76 Å². The monoisotopic (exact) mass is 91.0 g/mol. The van der Waals surface area contributed by atoms with Gasteiger partial charge >= 0.3 is 51.4 Å². The molecule has 4 heavy (non-hydrogen) atoms. The molecule has 0 aliphatic carbocycles. The molecule has 0 unspecified atom stereocenters. The van der Waals surface area contributed by atoms with Crippen LogP contribution >= 0.6 is 0 Å². The van der Waals surface area contributed by atoms with E-state index in [0.29, 0.717) is 5.76 Å². The normalized spacial score (nSPS) is 4.50. The van der Waals surface area contributed by atoms with Gasteiger partial charge in [0.15, 0.2) is 0 Å². The van der Waals surface area contributed by atoms with Gasteiger partial charge in [-0.25, -0.2) is 0 Å². The van der Waals surface area contributed by atoms with Crippen molar-refractivity contribution in [3.8, 4) is 0 Å². The Bertz CT molecular complexity index is 6.00. The van der Waals surface area contributed by atoms with Gasteiger partial charge in [-0.3, -0.25) is 0 Å². The summed E-state index contributed by atoms with van der Waals surface area (Å²) < 4.78 is 18.5. The number of rotatable bonds is 0. The number of halogens is 2. The van der Waals surface area contributed by atoms with Gasteiger partial charge in [0, 0.05) is 0 Å². The molecule has 4 heteroatoms. The molecule has 0 aromatic carbocycles. The molecule has 0 fully saturated rings. The molecule has 0 radical (unpaired) electrons. The molecule has 0 heterocycles. The minimum atomic E-state index is 0. The van der Waals surface area contributed by atoms with E-state index in [4.69, 9.17) is 0 Å². The van der Waals surface area contributed by atoms with Gasteiger partial charge in [0.1, 0.15) is 0 Å². The largest absolute Gasteiger partial charge is 1.00 e. The molecule has 0 rings (SSSR count). The Morgan fingerprint density at radius 2 is 1.25 bits per heavy atom. The summed E-state index contributed by atoms with van der Waals surface area (Å²) in [6.07, 6.45) is 0. The van der Waals surface area contributed by atoms with E-state index in [0.717, 1.165) is 0 Å². The van der Waals surface area contributed by atoms with Crippen LogP contribution in [-0.2, 0) is 0 Å². The number of hydrogen-bond donors (Lipinski definition) is 0. The number of nitrogens with zero attached hydrogens (tertiary/aromatic N) is 1. The maximum Gasteiger partial charge on any atom is 1.00 e. The third-order valence-corrected chi connectivity index (χ3v) is 0. The second-order valence-corrected chi connectivity index (χ2v) is 0.0639. The van der Waals surface area contributed by atoms with Crippen LogP contribution in [0.25, 0.3) is 5.76 Å². The third kappa shape index (κ3) is 9.83. The predicted octanol–water partition coefficient (Wildman–Crippen LogP) is -1.87. The first-order valence-corrected chi connectivity index (χ1v) is 0.338. The molecular weight excluding hydrogens is 91.1 g/mol. The summed E-state index contributed by atoms with van der Waals surface area (Å²) in [4.78, 5) is 0. The Morgan fingerprint density at radius 3 is 1.25 bits per heavy atom. The van der Waals surface area contributed by atoms with Gasteiger partial charge in [-0.15, -0.1) is 0 Å². The quantitative estimate of drug-likeness (QED) is 0.310. The van der Waals surface area contributed by atoms with Crippen molar-refractivity contribution < 1.29 is 60.3 Å². The summed E-state index contributed by atoms with van der Waals surface area (Å²) >= 11 is 0. The zero-order valence-corrected chi connectivity index (χ0v) is 5.33. The zero-order valence-electron chi connectivity index (χ0n) is 2.20. The molecule has 0 atom stereocenters. The van der Waals surface area contributed by atoms with E-state index in [1.165, 1.54) is 0 Å². The SMILES string of the molecule is F[N-]F.[K+]. The van der Waals surface area contributed by atoms with Crippen LogP contribution in [0.3, 0.4) is 0 Å². The van der Waals surface area contributed by atoms with E-state index in [1.807, 2.05) is 0 Å². The Balaban J connectivity index is 0. The fourth-order valence-electron chi connectivity index (χ4n) is 0. The summed E-state index contributed by atoms with van der Waals surface area (Å²) in [5.74, 6) is 0.500. The van der Waals surface area contributed by atoms with E-state index in [-0.39, 0.29) is 51.4 Å². The van der Waals surface area contributed by atoms with Gasteiger partial charge in [-0.05, 0) is 0 Å². The summed E-state index contributed by atoms with van der Waals surface area (Å²) in [5, 5.41) is 0. The molecule has 20 valence electrons. The van der Waals surface area contributed by atoms with Gasteiger partial charge in [-0.1, -0.05) is 0 Å². The second-order valence-electron chi connectivity index (χ2n) is 0.0639. The van der Waals surface area contributed by atoms with Crippen LogP contribution in [0.4, 0.5) is 8.96 Å². The minimum absolute atomic E-state index is 0. The van der Waals surface area contributed by atoms with Crippen LogP contribution in [0, 0.1) is 0 Å². The summed E-state index contributed by atoms with van der Waals surface area (Å²) in [5.41, 5.74) is 0. The van der Waals surface area contributed by atoms with Crippen LogP contribution in [0.15, 0.2) is 0 Å². The molecule has 1 nitrogen and oxygen atoms in total. The van der Waals surface area contributed by atoms with Gasteiger partial charge < -0.3 is 14.7 Å². The van der Waals surface area contributed by atoms with Crippen LogP contribution < -0.4 is 51.4 Å². The van der Waals surface area contributed by atoms with Gasteiger partial charge in [0.25, 0.3) is 0 Å². The van der Waals surface area contributed by atoms with Crippen molar-refractivity contribution in [2.24, 2.45) is 0 Å². The second kappa shape index (κ2) is 8.82. The Hall–Kier alpha value is 1.46. The van der Waals surface area contributed by atoms with E-state index >= 15 is 0 Å². The molecular formula is F2KN. The maximum absolute atomic E-state index is 9.25. The Labute approximate surface area is 65.0 Å². The van der Waals surface area contributed by atoms with Crippen molar-refractivity contribution in [1.82, 2.24) is 0 Å². The molecule has 0 aliphatic rings. The molecule has 0 saturated carbocycles. The summed E-state index contributed by atoms with van der Waals surface area (Å²) in [6.45, 7) is 0. The van der Waals surface area contributed by atoms with E-state index < -0.39 is 0 Å². The molecule has 0 saturated heterocycles. The zero-order chi connectivity index (χ0) is 2.71. The molecule has 0 bridgehead atoms. The van der Waals surface area contributed by atoms with Crippen molar-refractivity contribution in [3.63, 3.8) is 0 Å². The minimum Gasteiger partial charge on any atom is -0.339 e. The molecule has 0 N–H and O–H groups in total. The fraction of sp³-hybridized carbons (Fsp3) is 0. The molecule has 0 aromatic rings. The van der Waals surface area contributed by atoms with Crippen molar-refractivity contribution >= 4 is 0 Å². The van der Waals surface area contributed by atoms with Crippen LogP contribution in [0.1, 0.15) is 0 Å². The van der Waals surface area contributed by atoms with Crippen LogP contribution in [-0.4, -0.2) is 0 Å². The fourth-order valence-corrected chi connectivity index (χ4v) is 0. The van der Waals surface area contributed by atoms with E-state index in [2.05, 4.69) is 0 Å². The Morgan fingerprint density at radius 1 is 1.25 bits per heavy atom. The van der Waals surface area contributed by atoms with Crippen molar-refractivity contribution in [2.45, 2.75) is 0 Å².